The van der Waals surface area contributed by atoms with Crippen LogP contribution in [-0.2, 0) is 14.1 Å². The number of hydrogen-bond acceptors (Lipinski definition) is 6. The first kappa shape index (κ1) is 27.4. The highest BCUT2D eigenvalue weighted by molar-refractivity contribution is 7.16. The molecular weight excluding hydrogens is 597 g/mol. The molecule has 0 saturated carbocycles. The van der Waals surface area contributed by atoms with Crippen molar-refractivity contribution in [2.24, 2.45) is 14.1 Å². The Morgan fingerprint density at radius 2 is 1.85 bits per heavy atom. The summed E-state index contributed by atoms with van der Waals surface area (Å²) < 4.78 is 37.2. The monoisotopic (exact) mass is 618 g/mol. The Bertz CT molecular complexity index is 1910. The number of nitrogens with zero attached hydrogens (tertiary/aromatic N) is 6. The first-order valence-electron chi connectivity index (χ1n) is 12.4. The lowest BCUT2D eigenvalue weighted by Gasteiger charge is -2.27. The lowest BCUT2D eigenvalue weighted by Crippen LogP contribution is -2.35. The van der Waals surface area contributed by atoms with Gasteiger partial charge in [0.15, 0.2) is 5.69 Å². The number of aryl methyl sites for hydroxylation is 2. The van der Waals surface area contributed by atoms with E-state index in [4.69, 9.17) is 32.9 Å². The van der Waals surface area contributed by atoms with Crippen LogP contribution in [0.25, 0.3) is 22.3 Å². The molecule has 14 heteroatoms. The lowest BCUT2D eigenvalue weighted by atomic mass is 10.1. The number of pyridine rings is 1. The predicted molar refractivity (Wildman–Crippen MR) is 154 cm³/mol. The van der Waals surface area contributed by atoms with Crippen LogP contribution in [0.4, 0.5) is 14.5 Å². The molecule has 1 amide bonds. The van der Waals surface area contributed by atoms with Crippen LogP contribution in [-0.4, -0.2) is 36.4 Å². The molecule has 0 N–H and O–H groups in total. The zero-order valence-electron chi connectivity index (χ0n) is 22.1. The Morgan fingerprint density at radius 3 is 2.51 bits per heavy atom. The molecule has 0 saturated heterocycles. The van der Waals surface area contributed by atoms with Gasteiger partial charge < -0.3 is 13.9 Å². The molecule has 1 atom stereocenters. The third-order valence-corrected chi connectivity index (χ3v) is 8.45. The van der Waals surface area contributed by atoms with Crippen LogP contribution in [0.15, 0.2) is 47.5 Å². The summed E-state index contributed by atoms with van der Waals surface area (Å²) in [6, 6.07) is 7.02. The van der Waals surface area contributed by atoms with Gasteiger partial charge in [-0.15, -0.1) is 11.3 Å². The van der Waals surface area contributed by atoms with E-state index in [1.807, 2.05) is 18.4 Å². The van der Waals surface area contributed by atoms with Crippen LogP contribution in [0.5, 0.6) is 5.75 Å². The molecule has 4 aromatic heterocycles. The standard InChI is InChI=1S/C27H22Cl2F2N6O3S/c1-12(2)36-23-21(33-24(36)15-7-13-10-32-35(4)16(13)9-18(15)40-27(30)31)26(39)37(22(23)19-5-6-20(29)41-19)17-8-14(28)11-34(3)25(17)38/h5-12,22,27H,1-4H3/t22-/m0/s1. The number of halogens is 4. The molecule has 212 valence electrons. The molecule has 1 aliphatic heterocycles. The number of alkyl halides is 2. The second kappa shape index (κ2) is 9.97. The van der Waals surface area contributed by atoms with Gasteiger partial charge in [-0.2, -0.15) is 13.9 Å². The Morgan fingerprint density at radius 1 is 1.10 bits per heavy atom. The van der Waals surface area contributed by atoms with Crippen LogP contribution in [0.3, 0.4) is 0 Å². The van der Waals surface area contributed by atoms with Gasteiger partial charge in [0.2, 0.25) is 0 Å². The molecule has 9 nitrogen and oxygen atoms in total. The minimum absolute atomic E-state index is 0.0767. The highest BCUT2D eigenvalue weighted by Crippen LogP contribution is 2.47. The number of thiophene rings is 1. The van der Waals surface area contributed by atoms with Crippen molar-refractivity contribution in [1.82, 2.24) is 23.9 Å². The predicted octanol–water partition coefficient (Wildman–Crippen LogP) is 6.44. The average Bonchev–Trinajstić information content (AvgIpc) is 3.65. The van der Waals surface area contributed by atoms with Gasteiger partial charge in [0.1, 0.15) is 23.3 Å². The van der Waals surface area contributed by atoms with Crippen molar-refractivity contribution in [2.45, 2.75) is 32.5 Å². The summed E-state index contributed by atoms with van der Waals surface area (Å²) in [4.78, 5) is 34.2. The number of ether oxygens (including phenoxy) is 1. The molecular formula is C27H22Cl2F2N6O3S. The van der Waals surface area contributed by atoms with Gasteiger partial charge in [0.05, 0.1) is 32.3 Å². The van der Waals surface area contributed by atoms with Gasteiger partial charge in [-0.1, -0.05) is 23.2 Å². The number of fused-ring (bicyclic) bond motifs is 2. The number of rotatable bonds is 6. The fourth-order valence-electron chi connectivity index (χ4n) is 5.29. The molecule has 0 aliphatic carbocycles. The molecule has 0 spiro atoms. The second-order valence-electron chi connectivity index (χ2n) is 9.87. The molecule has 0 fully saturated rings. The Kier molecular flexibility index (Phi) is 6.67. The highest BCUT2D eigenvalue weighted by Gasteiger charge is 2.46. The molecule has 1 aromatic carbocycles. The number of hydrogen-bond donors (Lipinski definition) is 0. The smallest absolute Gasteiger partial charge is 0.387 e. The maximum absolute atomic E-state index is 14.1. The molecule has 0 radical (unpaired) electrons. The zero-order valence-corrected chi connectivity index (χ0v) is 24.4. The maximum atomic E-state index is 14.1. The van der Waals surface area contributed by atoms with Crippen LogP contribution in [0, 0.1) is 0 Å². The Hall–Kier alpha value is -3.74. The number of aromatic nitrogens is 5. The maximum Gasteiger partial charge on any atom is 0.387 e. The van der Waals surface area contributed by atoms with Crippen molar-refractivity contribution < 1.29 is 18.3 Å². The van der Waals surface area contributed by atoms with Crippen molar-refractivity contribution in [3.05, 3.63) is 78.7 Å². The third-order valence-electron chi connectivity index (χ3n) is 6.96. The molecule has 41 heavy (non-hydrogen) atoms. The minimum atomic E-state index is -3.09. The van der Waals surface area contributed by atoms with Crippen molar-refractivity contribution in [3.63, 3.8) is 0 Å². The van der Waals surface area contributed by atoms with E-state index in [0.717, 1.165) is 0 Å². The quantitative estimate of drug-likeness (QED) is 0.219. The summed E-state index contributed by atoms with van der Waals surface area (Å²) in [6.45, 7) is 0.697. The number of benzene rings is 1. The van der Waals surface area contributed by atoms with Crippen molar-refractivity contribution in [2.75, 3.05) is 4.90 Å². The van der Waals surface area contributed by atoms with Crippen LogP contribution < -0.4 is 15.2 Å². The van der Waals surface area contributed by atoms with E-state index in [1.165, 1.54) is 39.1 Å². The van der Waals surface area contributed by atoms with E-state index in [1.54, 1.807) is 43.2 Å². The largest absolute Gasteiger partial charge is 0.434 e. The lowest BCUT2D eigenvalue weighted by molar-refractivity contribution is -0.0494. The van der Waals surface area contributed by atoms with Crippen molar-refractivity contribution in [1.29, 1.82) is 0 Å². The van der Waals surface area contributed by atoms with E-state index < -0.39 is 24.1 Å². The fourth-order valence-corrected chi connectivity index (χ4v) is 6.70. The van der Waals surface area contributed by atoms with Gasteiger partial charge in [-0.25, -0.2) is 4.98 Å². The van der Waals surface area contributed by atoms with E-state index in [2.05, 4.69) is 5.10 Å². The van der Waals surface area contributed by atoms with Gasteiger partial charge in [-0.05, 0) is 38.1 Å². The molecule has 5 aromatic rings. The third kappa shape index (κ3) is 4.41. The summed E-state index contributed by atoms with van der Waals surface area (Å²) in [6.07, 6.45) is 3.07. The first-order valence-corrected chi connectivity index (χ1v) is 14.0. The van der Waals surface area contributed by atoms with E-state index >= 15 is 0 Å². The SMILES string of the molecule is CC(C)n1c(-c2cc3cnn(C)c3cc2OC(F)F)nc2c1[C@H](c1ccc(Cl)s1)N(c1cc(Cl)cn(C)c1=O)C2=O. The normalized spacial score (nSPS) is 15.1. The van der Waals surface area contributed by atoms with Crippen molar-refractivity contribution in [3.8, 4) is 17.1 Å². The average molecular weight is 619 g/mol. The summed E-state index contributed by atoms with van der Waals surface area (Å²) in [5.74, 6) is -0.371. The van der Waals surface area contributed by atoms with Crippen molar-refractivity contribution >= 4 is 57.0 Å². The van der Waals surface area contributed by atoms with Gasteiger partial charge >= 0.3 is 6.61 Å². The molecule has 0 bridgehead atoms. The first-order chi connectivity index (χ1) is 19.5. The van der Waals surface area contributed by atoms with Gasteiger partial charge in [0.25, 0.3) is 11.5 Å². The van der Waals surface area contributed by atoms with Gasteiger partial charge in [-0.3, -0.25) is 19.2 Å². The summed E-state index contributed by atoms with van der Waals surface area (Å²) in [5, 5.41) is 5.17. The van der Waals surface area contributed by atoms with E-state index in [9.17, 15) is 18.4 Å². The van der Waals surface area contributed by atoms with E-state index in [-0.39, 0.29) is 39.6 Å². The summed E-state index contributed by atoms with van der Waals surface area (Å²) in [5.41, 5.74) is 1.09. The summed E-state index contributed by atoms with van der Waals surface area (Å²) >= 11 is 13.9. The second-order valence-corrected chi connectivity index (χ2v) is 12.0. The minimum Gasteiger partial charge on any atom is -0.434 e. The van der Waals surface area contributed by atoms with Crippen LogP contribution >= 0.6 is 34.5 Å². The number of carbonyl (C=O) groups excluding carboxylic acids is 1. The molecule has 6 rings (SSSR count). The zero-order chi connectivity index (χ0) is 29.3. The van der Waals surface area contributed by atoms with Crippen LogP contribution in [0.2, 0.25) is 9.36 Å². The summed E-state index contributed by atoms with van der Waals surface area (Å²) in [7, 11) is 3.24. The topological polar surface area (TPSA) is 87.2 Å². The molecule has 1 aliphatic rings. The Labute approximate surface area is 246 Å². The van der Waals surface area contributed by atoms with Gasteiger partial charge in [0, 0.05) is 42.7 Å². The number of amides is 1. The highest BCUT2D eigenvalue weighted by atomic mass is 35.5. The Balaban J connectivity index is 1.64. The van der Waals surface area contributed by atoms with E-state index in [0.29, 0.717) is 25.8 Å². The number of carbonyl (C=O) groups is 1. The fraction of sp³-hybridized carbons (Fsp3) is 0.259. The number of anilines is 1. The molecule has 5 heterocycles. The van der Waals surface area contributed by atoms with Crippen LogP contribution in [0.1, 0.15) is 47.0 Å². The molecule has 0 unspecified atom stereocenters. The number of imidazole rings is 1.